The van der Waals surface area contributed by atoms with Crippen LogP contribution < -0.4 is 5.32 Å². The summed E-state index contributed by atoms with van der Waals surface area (Å²) >= 11 is 0. The van der Waals surface area contributed by atoms with Gasteiger partial charge in [-0.25, -0.2) is 0 Å². The summed E-state index contributed by atoms with van der Waals surface area (Å²) in [7, 11) is 0. The molecule has 0 aliphatic heterocycles. The van der Waals surface area contributed by atoms with E-state index in [9.17, 15) is 4.79 Å². The quantitative estimate of drug-likeness (QED) is 0.741. The van der Waals surface area contributed by atoms with Crippen molar-refractivity contribution in [1.29, 1.82) is 0 Å². The fourth-order valence-corrected chi connectivity index (χ4v) is 3.49. The first-order chi connectivity index (χ1) is 12.2. The van der Waals surface area contributed by atoms with E-state index >= 15 is 0 Å². The normalized spacial score (nSPS) is 13.3. The minimum absolute atomic E-state index is 0.0996. The van der Waals surface area contributed by atoms with E-state index in [2.05, 4.69) is 15.5 Å². The molecule has 4 rings (SSSR count). The summed E-state index contributed by atoms with van der Waals surface area (Å²) in [6.07, 6.45) is 4.44. The molecule has 1 heterocycles. The van der Waals surface area contributed by atoms with E-state index in [0.29, 0.717) is 5.56 Å². The Bertz CT molecular complexity index is 926. The number of anilines is 1. The Hall–Kier alpha value is -2.88. The van der Waals surface area contributed by atoms with Crippen molar-refractivity contribution < 1.29 is 4.79 Å². The second-order valence-electron chi connectivity index (χ2n) is 6.55. The summed E-state index contributed by atoms with van der Waals surface area (Å²) in [5, 5.41) is 10.7. The van der Waals surface area contributed by atoms with E-state index in [1.165, 1.54) is 24.1 Å². The van der Waals surface area contributed by atoms with Gasteiger partial charge in [-0.2, -0.15) is 5.10 Å². The second-order valence-corrected chi connectivity index (χ2v) is 6.55. The Labute approximate surface area is 147 Å². The third-order valence-electron chi connectivity index (χ3n) is 4.88. The molecule has 4 nitrogen and oxygen atoms in total. The zero-order valence-electron chi connectivity index (χ0n) is 14.3. The summed E-state index contributed by atoms with van der Waals surface area (Å²) in [4.78, 5) is 12.9. The third kappa shape index (κ3) is 2.95. The maximum Gasteiger partial charge on any atom is 0.256 e. The van der Waals surface area contributed by atoms with Gasteiger partial charge in [0.25, 0.3) is 5.91 Å². The van der Waals surface area contributed by atoms with Gasteiger partial charge in [-0.15, -0.1) is 0 Å². The minimum Gasteiger partial charge on any atom is -0.322 e. The van der Waals surface area contributed by atoms with Gasteiger partial charge in [0, 0.05) is 28.1 Å². The minimum atomic E-state index is -0.0996. The van der Waals surface area contributed by atoms with Crippen LogP contribution in [0.4, 0.5) is 5.69 Å². The van der Waals surface area contributed by atoms with Crippen molar-refractivity contribution in [3.8, 4) is 11.3 Å². The monoisotopic (exact) mass is 331 g/mol. The molecule has 126 valence electrons. The lowest BCUT2D eigenvalue weighted by Gasteiger charge is -2.14. The van der Waals surface area contributed by atoms with Gasteiger partial charge >= 0.3 is 0 Å². The maximum absolute atomic E-state index is 12.9. The first kappa shape index (κ1) is 15.6. The smallest absolute Gasteiger partial charge is 0.256 e. The lowest BCUT2D eigenvalue weighted by atomic mass is 9.92. The van der Waals surface area contributed by atoms with Crippen molar-refractivity contribution >= 4 is 11.6 Å². The Morgan fingerprint density at radius 2 is 1.80 bits per heavy atom. The van der Waals surface area contributed by atoms with E-state index in [0.717, 1.165) is 35.3 Å². The number of aromatic nitrogens is 2. The number of rotatable bonds is 3. The van der Waals surface area contributed by atoms with Crippen LogP contribution >= 0.6 is 0 Å². The summed E-state index contributed by atoms with van der Waals surface area (Å²) in [5.74, 6) is -0.0996. The zero-order chi connectivity index (χ0) is 17.2. The van der Waals surface area contributed by atoms with Crippen LogP contribution in [0.25, 0.3) is 11.3 Å². The van der Waals surface area contributed by atoms with Crippen molar-refractivity contribution in [2.24, 2.45) is 0 Å². The standard InChI is InChI=1S/C21H21N3O/c1-14-8-2-6-12-18(14)22-21(25)16-10-4-3-9-15(16)20-17-11-5-7-13-19(17)23-24-20/h2-4,6,8-10,12H,5,7,11,13H2,1H3,(H,22,25)(H,23,24). The molecule has 0 bridgehead atoms. The van der Waals surface area contributed by atoms with Crippen LogP contribution in [0, 0.1) is 6.92 Å². The SMILES string of the molecule is Cc1ccccc1NC(=O)c1ccccc1-c1n[nH]c2c1CCCC2. The summed E-state index contributed by atoms with van der Waals surface area (Å²) in [6, 6.07) is 15.5. The molecule has 4 heteroatoms. The highest BCUT2D eigenvalue weighted by atomic mass is 16.1. The van der Waals surface area contributed by atoms with Gasteiger partial charge < -0.3 is 5.32 Å². The predicted molar refractivity (Wildman–Crippen MR) is 99.8 cm³/mol. The number of amides is 1. The predicted octanol–water partition coefficient (Wildman–Crippen LogP) is 4.52. The van der Waals surface area contributed by atoms with E-state index in [1.54, 1.807) is 0 Å². The van der Waals surface area contributed by atoms with Gasteiger partial charge in [-0.05, 0) is 50.3 Å². The summed E-state index contributed by atoms with van der Waals surface area (Å²) in [6.45, 7) is 1.99. The molecule has 0 unspecified atom stereocenters. The molecule has 2 N–H and O–H groups in total. The third-order valence-corrected chi connectivity index (χ3v) is 4.88. The number of carbonyl (C=O) groups excluding carboxylic acids is 1. The second kappa shape index (κ2) is 6.55. The van der Waals surface area contributed by atoms with E-state index in [1.807, 2.05) is 55.5 Å². The maximum atomic E-state index is 12.9. The molecule has 1 aliphatic carbocycles. The number of aromatic amines is 1. The Morgan fingerprint density at radius 1 is 1.04 bits per heavy atom. The fourth-order valence-electron chi connectivity index (χ4n) is 3.49. The average Bonchev–Trinajstić information content (AvgIpc) is 3.07. The van der Waals surface area contributed by atoms with Crippen LogP contribution in [-0.4, -0.2) is 16.1 Å². The van der Waals surface area contributed by atoms with E-state index in [-0.39, 0.29) is 5.91 Å². The fraction of sp³-hybridized carbons (Fsp3) is 0.238. The number of H-pyrrole nitrogens is 1. The number of nitrogens with zero attached hydrogens (tertiary/aromatic N) is 1. The first-order valence-electron chi connectivity index (χ1n) is 8.76. The van der Waals surface area contributed by atoms with E-state index < -0.39 is 0 Å². The number of hydrogen-bond donors (Lipinski definition) is 2. The molecule has 0 saturated heterocycles. The number of aryl methyl sites for hydroxylation is 2. The number of hydrogen-bond acceptors (Lipinski definition) is 2. The van der Waals surface area contributed by atoms with Crippen LogP contribution in [0.3, 0.4) is 0 Å². The molecular formula is C21H21N3O. The Kier molecular flexibility index (Phi) is 4.10. The number of para-hydroxylation sites is 1. The molecule has 2 aromatic carbocycles. The molecule has 0 saturated carbocycles. The highest BCUT2D eigenvalue weighted by Crippen LogP contribution is 2.31. The highest BCUT2D eigenvalue weighted by Gasteiger charge is 2.21. The van der Waals surface area contributed by atoms with Crippen molar-refractivity contribution in [3.05, 3.63) is 70.9 Å². The molecule has 3 aromatic rings. The molecule has 1 aromatic heterocycles. The molecule has 1 aliphatic rings. The molecule has 0 spiro atoms. The summed E-state index contributed by atoms with van der Waals surface area (Å²) in [5.41, 5.74) is 6.85. The molecular weight excluding hydrogens is 310 g/mol. The van der Waals surface area contributed by atoms with Crippen LogP contribution in [0.5, 0.6) is 0 Å². The van der Waals surface area contributed by atoms with Gasteiger partial charge in [0.1, 0.15) is 0 Å². The molecule has 0 fully saturated rings. The molecule has 25 heavy (non-hydrogen) atoms. The van der Waals surface area contributed by atoms with Crippen molar-refractivity contribution in [3.63, 3.8) is 0 Å². The van der Waals surface area contributed by atoms with Gasteiger partial charge in [-0.3, -0.25) is 9.89 Å². The zero-order valence-corrected chi connectivity index (χ0v) is 14.3. The van der Waals surface area contributed by atoms with Gasteiger partial charge in [0.15, 0.2) is 0 Å². The van der Waals surface area contributed by atoms with Crippen molar-refractivity contribution in [2.45, 2.75) is 32.6 Å². The number of fused-ring (bicyclic) bond motifs is 1. The van der Waals surface area contributed by atoms with Gasteiger partial charge in [0.05, 0.1) is 5.69 Å². The molecule has 0 radical (unpaired) electrons. The Morgan fingerprint density at radius 3 is 2.68 bits per heavy atom. The van der Waals surface area contributed by atoms with E-state index in [4.69, 9.17) is 0 Å². The largest absolute Gasteiger partial charge is 0.322 e. The number of nitrogens with one attached hydrogen (secondary N) is 2. The highest BCUT2D eigenvalue weighted by molar-refractivity contribution is 6.09. The molecule has 1 amide bonds. The van der Waals surface area contributed by atoms with Crippen molar-refractivity contribution in [1.82, 2.24) is 10.2 Å². The average molecular weight is 331 g/mol. The number of carbonyl (C=O) groups is 1. The van der Waals surface area contributed by atoms with Crippen LogP contribution in [0.1, 0.15) is 40.0 Å². The topological polar surface area (TPSA) is 57.8 Å². The van der Waals surface area contributed by atoms with Crippen LogP contribution in [0.15, 0.2) is 48.5 Å². The van der Waals surface area contributed by atoms with Crippen LogP contribution in [0.2, 0.25) is 0 Å². The Balaban J connectivity index is 1.71. The lowest BCUT2D eigenvalue weighted by Crippen LogP contribution is -2.14. The first-order valence-corrected chi connectivity index (χ1v) is 8.76. The van der Waals surface area contributed by atoms with Crippen molar-refractivity contribution in [2.75, 3.05) is 5.32 Å². The van der Waals surface area contributed by atoms with Crippen LogP contribution in [-0.2, 0) is 12.8 Å². The van der Waals surface area contributed by atoms with Gasteiger partial charge in [0.2, 0.25) is 0 Å². The number of benzene rings is 2. The lowest BCUT2D eigenvalue weighted by molar-refractivity contribution is 0.102. The molecule has 0 atom stereocenters. The van der Waals surface area contributed by atoms with Gasteiger partial charge in [-0.1, -0.05) is 36.4 Å². The summed E-state index contributed by atoms with van der Waals surface area (Å²) < 4.78 is 0.